The Labute approximate surface area is 207 Å². The number of nitrogens with one attached hydrogen (secondary N) is 3. The summed E-state index contributed by atoms with van der Waals surface area (Å²) in [7, 11) is 1.57. The van der Waals surface area contributed by atoms with Gasteiger partial charge in [0.05, 0.1) is 7.11 Å². The van der Waals surface area contributed by atoms with Gasteiger partial charge in [-0.15, -0.1) is 0 Å². The zero-order valence-corrected chi connectivity index (χ0v) is 20.6. The van der Waals surface area contributed by atoms with Crippen LogP contribution in [0.5, 0.6) is 5.75 Å². The third-order valence-corrected chi connectivity index (χ3v) is 5.72. The molecule has 0 atom stereocenters. The minimum Gasteiger partial charge on any atom is -0.497 e. The summed E-state index contributed by atoms with van der Waals surface area (Å²) < 4.78 is 5.18. The molecular weight excluding hydrogens is 440 g/mol. The number of hydrogen-bond donors (Lipinski definition) is 3. The highest BCUT2D eigenvalue weighted by Gasteiger charge is 2.09. The summed E-state index contributed by atoms with van der Waals surface area (Å²) in [4.78, 5) is 27.4. The molecule has 7 nitrogen and oxygen atoms in total. The van der Waals surface area contributed by atoms with Gasteiger partial charge in [-0.05, 0) is 86.7 Å². The van der Waals surface area contributed by atoms with Crippen LogP contribution in [0.3, 0.4) is 0 Å². The summed E-state index contributed by atoms with van der Waals surface area (Å²) >= 11 is 0. The molecule has 35 heavy (non-hydrogen) atoms. The number of carbonyl (C=O) groups is 2. The van der Waals surface area contributed by atoms with Gasteiger partial charge in [0.25, 0.3) is 11.8 Å². The molecule has 0 fully saturated rings. The summed E-state index contributed by atoms with van der Waals surface area (Å²) in [6.07, 6.45) is 0.923. The van der Waals surface area contributed by atoms with Gasteiger partial charge in [0.2, 0.25) is 0 Å². The lowest BCUT2D eigenvalue weighted by atomic mass is 10.1. The molecule has 0 unspecified atom stereocenters. The van der Waals surface area contributed by atoms with E-state index in [1.807, 2.05) is 48.5 Å². The van der Waals surface area contributed by atoms with Gasteiger partial charge in [0, 0.05) is 34.7 Å². The number of amides is 2. The lowest BCUT2D eigenvalue weighted by Crippen LogP contribution is -2.29. The zero-order chi connectivity index (χ0) is 25.0. The van der Waals surface area contributed by atoms with E-state index in [-0.39, 0.29) is 11.8 Å². The first-order chi connectivity index (χ1) is 17.0. The molecule has 0 aliphatic rings. The fourth-order valence-electron chi connectivity index (χ4n) is 3.66. The Morgan fingerprint density at radius 2 is 1.46 bits per heavy atom. The smallest absolute Gasteiger partial charge is 0.255 e. The van der Waals surface area contributed by atoms with E-state index in [1.54, 1.807) is 31.4 Å². The SMILES string of the molecule is CCN(CC)CCCNC(=O)c1cccc(Nc2ccc(NC(=O)c3cccc(OC)c3)cc2)c1. The van der Waals surface area contributed by atoms with E-state index >= 15 is 0 Å². The Morgan fingerprint density at radius 3 is 2.14 bits per heavy atom. The predicted octanol–water partition coefficient (Wildman–Crippen LogP) is 5.15. The zero-order valence-electron chi connectivity index (χ0n) is 20.6. The van der Waals surface area contributed by atoms with Crippen LogP contribution in [-0.4, -0.2) is 50.0 Å². The van der Waals surface area contributed by atoms with Gasteiger partial charge in [-0.25, -0.2) is 0 Å². The minimum absolute atomic E-state index is 0.0798. The van der Waals surface area contributed by atoms with Crippen LogP contribution in [0.4, 0.5) is 17.1 Å². The molecule has 0 aliphatic carbocycles. The van der Waals surface area contributed by atoms with Crippen LogP contribution in [0.25, 0.3) is 0 Å². The highest BCUT2D eigenvalue weighted by molar-refractivity contribution is 6.04. The number of carbonyl (C=O) groups excluding carboxylic acids is 2. The second-order valence-electron chi connectivity index (χ2n) is 8.11. The molecule has 184 valence electrons. The van der Waals surface area contributed by atoms with E-state index in [4.69, 9.17) is 4.74 Å². The quantitative estimate of drug-likeness (QED) is 0.316. The van der Waals surface area contributed by atoms with Gasteiger partial charge in [0.15, 0.2) is 0 Å². The second-order valence-corrected chi connectivity index (χ2v) is 8.11. The molecule has 0 heterocycles. The second kappa shape index (κ2) is 13.2. The summed E-state index contributed by atoms with van der Waals surface area (Å²) in [5, 5.41) is 9.19. The van der Waals surface area contributed by atoms with Crippen molar-refractivity contribution < 1.29 is 14.3 Å². The molecule has 2 amide bonds. The predicted molar refractivity (Wildman–Crippen MR) is 142 cm³/mol. The average molecular weight is 475 g/mol. The number of rotatable bonds is 12. The molecule has 0 saturated carbocycles. The van der Waals surface area contributed by atoms with Crippen molar-refractivity contribution in [1.29, 1.82) is 0 Å². The molecule has 7 heteroatoms. The fraction of sp³-hybridized carbons (Fsp3) is 0.286. The molecule has 3 N–H and O–H groups in total. The minimum atomic E-state index is -0.208. The summed E-state index contributed by atoms with van der Waals surface area (Å²) in [5.74, 6) is 0.344. The van der Waals surface area contributed by atoms with Crippen LogP contribution in [0, 0.1) is 0 Å². The monoisotopic (exact) mass is 474 g/mol. The number of ether oxygens (including phenoxy) is 1. The average Bonchev–Trinajstić information content (AvgIpc) is 2.90. The Hall–Kier alpha value is -3.84. The van der Waals surface area contributed by atoms with Gasteiger partial charge in [-0.2, -0.15) is 0 Å². The molecular formula is C28H34N4O3. The molecule has 3 aromatic carbocycles. The van der Waals surface area contributed by atoms with Crippen molar-refractivity contribution in [2.24, 2.45) is 0 Å². The third kappa shape index (κ3) is 7.86. The number of methoxy groups -OCH3 is 1. The summed E-state index contributed by atoms with van der Waals surface area (Å²) in [6.45, 7) is 7.96. The standard InChI is InChI=1S/C28H34N4O3/c1-4-32(5-2)18-8-17-29-27(33)21-9-6-11-25(19-21)30-23-13-15-24(16-14-23)31-28(34)22-10-7-12-26(20-22)35-3/h6-7,9-16,19-20,30H,4-5,8,17-18H2,1-3H3,(H,29,33)(H,31,34). The first kappa shape index (κ1) is 25.8. The Balaban J connectivity index is 1.53. The van der Waals surface area contributed by atoms with Crippen molar-refractivity contribution in [3.8, 4) is 5.75 Å². The van der Waals surface area contributed by atoms with Crippen LogP contribution in [0.2, 0.25) is 0 Å². The number of benzene rings is 3. The first-order valence-corrected chi connectivity index (χ1v) is 12.0. The fourth-order valence-corrected chi connectivity index (χ4v) is 3.66. The molecule has 0 spiro atoms. The maximum Gasteiger partial charge on any atom is 0.255 e. The van der Waals surface area contributed by atoms with Crippen LogP contribution >= 0.6 is 0 Å². The van der Waals surface area contributed by atoms with E-state index in [2.05, 4.69) is 34.7 Å². The van der Waals surface area contributed by atoms with E-state index < -0.39 is 0 Å². The van der Waals surface area contributed by atoms with Gasteiger partial charge in [-0.3, -0.25) is 9.59 Å². The molecule has 0 radical (unpaired) electrons. The highest BCUT2D eigenvalue weighted by atomic mass is 16.5. The maximum absolute atomic E-state index is 12.5. The normalized spacial score (nSPS) is 10.6. The van der Waals surface area contributed by atoms with Crippen molar-refractivity contribution in [3.05, 3.63) is 83.9 Å². The molecule has 3 aromatic rings. The van der Waals surface area contributed by atoms with Crippen LogP contribution < -0.4 is 20.7 Å². The van der Waals surface area contributed by atoms with Crippen LogP contribution in [0.1, 0.15) is 41.0 Å². The van der Waals surface area contributed by atoms with Gasteiger partial charge in [0.1, 0.15) is 5.75 Å². The molecule has 3 rings (SSSR count). The van der Waals surface area contributed by atoms with Gasteiger partial charge in [-0.1, -0.05) is 26.0 Å². The Bertz CT molecular complexity index is 1110. The first-order valence-electron chi connectivity index (χ1n) is 12.0. The molecule has 0 aliphatic heterocycles. The van der Waals surface area contributed by atoms with E-state index in [0.717, 1.165) is 37.4 Å². The lowest BCUT2D eigenvalue weighted by Gasteiger charge is -2.17. The topological polar surface area (TPSA) is 82.7 Å². The van der Waals surface area contributed by atoms with E-state index in [1.165, 1.54) is 0 Å². The molecule has 0 bridgehead atoms. The molecule has 0 aromatic heterocycles. The van der Waals surface area contributed by atoms with Crippen molar-refractivity contribution in [3.63, 3.8) is 0 Å². The number of anilines is 3. The highest BCUT2D eigenvalue weighted by Crippen LogP contribution is 2.21. The lowest BCUT2D eigenvalue weighted by molar-refractivity contribution is 0.0951. The Morgan fingerprint density at radius 1 is 0.800 bits per heavy atom. The molecule has 0 saturated heterocycles. The Kier molecular flexibility index (Phi) is 9.69. The van der Waals surface area contributed by atoms with Crippen molar-refractivity contribution in [2.45, 2.75) is 20.3 Å². The van der Waals surface area contributed by atoms with E-state index in [0.29, 0.717) is 29.1 Å². The largest absolute Gasteiger partial charge is 0.497 e. The van der Waals surface area contributed by atoms with Crippen LogP contribution in [-0.2, 0) is 0 Å². The third-order valence-electron chi connectivity index (χ3n) is 5.72. The summed E-state index contributed by atoms with van der Waals surface area (Å²) in [5.41, 5.74) is 3.48. The van der Waals surface area contributed by atoms with Crippen molar-refractivity contribution in [2.75, 3.05) is 43.9 Å². The van der Waals surface area contributed by atoms with Crippen molar-refractivity contribution >= 4 is 28.9 Å². The summed E-state index contributed by atoms with van der Waals surface area (Å²) in [6, 6.07) is 21.8. The van der Waals surface area contributed by atoms with Gasteiger partial charge >= 0.3 is 0 Å². The van der Waals surface area contributed by atoms with Crippen molar-refractivity contribution in [1.82, 2.24) is 10.2 Å². The maximum atomic E-state index is 12.5. The van der Waals surface area contributed by atoms with E-state index in [9.17, 15) is 9.59 Å². The number of nitrogens with zero attached hydrogens (tertiary/aromatic N) is 1. The van der Waals surface area contributed by atoms with Crippen LogP contribution in [0.15, 0.2) is 72.8 Å². The number of hydrogen-bond acceptors (Lipinski definition) is 5. The van der Waals surface area contributed by atoms with Gasteiger partial charge < -0.3 is 25.6 Å².